The molecule has 0 atom stereocenters. The molecule has 78 valence electrons. The highest BCUT2D eigenvalue weighted by Crippen LogP contribution is 2.22. The Labute approximate surface area is 84.8 Å². The molecule has 2 aromatic rings. The van der Waals surface area contributed by atoms with E-state index in [0.29, 0.717) is 5.52 Å². The Morgan fingerprint density at radius 1 is 1.60 bits per heavy atom. The molecular weight excluding hydrogens is 198 g/mol. The van der Waals surface area contributed by atoms with Crippen LogP contribution in [0.3, 0.4) is 0 Å². The lowest BCUT2D eigenvalue weighted by Crippen LogP contribution is -2.05. The molecule has 3 N–H and O–H groups in total. The Morgan fingerprint density at radius 3 is 3.07 bits per heavy atom. The predicted octanol–water partition coefficient (Wildman–Crippen LogP) is 1.15. The third-order valence-electron chi connectivity index (χ3n) is 2.10. The van der Waals surface area contributed by atoms with Crippen LogP contribution in [0.2, 0.25) is 0 Å². The van der Waals surface area contributed by atoms with Crippen LogP contribution in [0.5, 0.6) is 0 Å². The van der Waals surface area contributed by atoms with Crippen molar-refractivity contribution in [3.05, 3.63) is 23.9 Å². The van der Waals surface area contributed by atoms with Crippen molar-refractivity contribution in [3.8, 4) is 0 Å². The molecule has 1 aromatic heterocycles. The highest BCUT2D eigenvalue weighted by Gasteiger charge is 2.13. The summed E-state index contributed by atoms with van der Waals surface area (Å²) >= 11 is 0. The molecule has 1 heterocycles. The van der Waals surface area contributed by atoms with E-state index in [4.69, 9.17) is 5.21 Å². The lowest BCUT2D eigenvalue weighted by Gasteiger charge is -2.05. The number of fused-ring (bicyclic) bond motifs is 1. The van der Waals surface area contributed by atoms with Crippen LogP contribution in [-0.2, 0) is 4.74 Å². The monoisotopic (exact) mass is 207 g/mol. The summed E-state index contributed by atoms with van der Waals surface area (Å²) in [5.74, 6) is -0.525. The fourth-order valence-corrected chi connectivity index (χ4v) is 1.36. The number of benzene rings is 1. The summed E-state index contributed by atoms with van der Waals surface area (Å²) in [6, 6.07) is 3.16. The summed E-state index contributed by atoms with van der Waals surface area (Å²) in [7, 11) is 1.28. The van der Waals surface area contributed by atoms with E-state index in [0.717, 1.165) is 5.39 Å². The number of hydrogen-bond acceptors (Lipinski definition) is 5. The van der Waals surface area contributed by atoms with Gasteiger partial charge >= 0.3 is 5.97 Å². The highest BCUT2D eigenvalue weighted by atomic mass is 16.5. The third kappa shape index (κ3) is 1.50. The molecule has 1 aromatic carbocycles. The second-order valence-electron chi connectivity index (χ2n) is 2.96. The molecule has 0 aliphatic carbocycles. The normalized spacial score (nSPS) is 10.3. The molecule has 2 rings (SSSR count). The molecule has 0 aliphatic rings. The van der Waals surface area contributed by atoms with E-state index in [1.54, 1.807) is 18.3 Å². The minimum Gasteiger partial charge on any atom is -0.465 e. The average molecular weight is 207 g/mol. The number of anilines is 1. The number of ether oxygens (including phenoxy) is 1. The maximum Gasteiger partial charge on any atom is 0.340 e. The number of hydrogen-bond donors (Lipinski definition) is 3. The number of H-pyrrole nitrogens is 1. The van der Waals surface area contributed by atoms with Crippen molar-refractivity contribution in [2.24, 2.45) is 0 Å². The van der Waals surface area contributed by atoms with Crippen molar-refractivity contribution in [2.75, 3.05) is 12.6 Å². The van der Waals surface area contributed by atoms with Crippen molar-refractivity contribution in [3.63, 3.8) is 0 Å². The van der Waals surface area contributed by atoms with E-state index >= 15 is 0 Å². The fourth-order valence-electron chi connectivity index (χ4n) is 1.36. The number of carbonyl (C=O) groups is 1. The van der Waals surface area contributed by atoms with E-state index in [2.05, 4.69) is 14.9 Å². The molecule has 0 bridgehead atoms. The summed E-state index contributed by atoms with van der Waals surface area (Å²) in [5.41, 5.74) is 3.19. The maximum atomic E-state index is 11.4. The van der Waals surface area contributed by atoms with Gasteiger partial charge in [-0.1, -0.05) is 0 Å². The topological polar surface area (TPSA) is 87.2 Å². The Kier molecular flexibility index (Phi) is 2.26. The average Bonchev–Trinajstić information content (AvgIpc) is 2.73. The van der Waals surface area contributed by atoms with Gasteiger partial charge in [-0.25, -0.2) is 4.79 Å². The summed E-state index contributed by atoms with van der Waals surface area (Å²) < 4.78 is 4.58. The summed E-state index contributed by atoms with van der Waals surface area (Å²) in [6.45, 7) is 0. The van der Waals surface area contributed by atoms with Gasteiger partial charge in [-0.3, -0.25) is 15.8 Å². The standard InChI is InChI=1S/C9H9N3O3/c1-15-9(13)6-3-7-5(4-10-11-7)2-8(6)12-14/h2-4,12,14H,1H3,(H,10,11). The molecule has 0 saturated heterocycles. The first-order valence-corrected chi connectivity index (χ1v) is 4.22. The Bertz CT molecular complexity index is 506. The number of aromatic nitrogens is 2. The van der Waals surface area contributed by atoms with Gasteiger partial charge in [0.15, 0.2) is 0 Å². The molecule has 15 heavy (non-hydrogen) atoms. The first-order valence-electron chi connectivity index (χ1n) is 4.22. The Balaban J connectivity index is 2.64. The van der Waals surface area contributed by atoms with Gasteiger partial charge in [0, 0.05) is 5.39 Å². The molecule has 0 radical (unpaired) electrons. The van der Waals surface area contributed by atoms with E-state index in [-0.39, 0.29) is 11.3 Å². The molecule has 0 saturated carbocycles. The van der Waals surface area contributed by atoms with Crippen molar-refractivity contribution >= 4 is 22.6 Å². The highest BCUT2D eigenvalue weighted by molar-refractivity contribution is 6.00. The fraction of sp³-hybridized carbons (Fsp3) is 0.111. The van der Waals surface area contributed by atoms with Gasteiger partial charge in [0.2, 0.25) is 0 Å². The minimum absolute atomic E-state index is 0.247. The number of nitrogens with one attached hydrogen (secondary N) is 2. The Hall–Kier alpha value is -2.08. The van der Waals surface area contributed by atoms with Gasteiger partial charge in [-0.2, -0.15) is 5.10 Å². The number of methoxy groups -OCH3 is 1. The van der Waals surface area contributed by atoms with Crippen LogP contribution in [0.15, 0.2) is 18.3 Å². The smallest absolute Gasteiger partial charge is 0.340 e. The largest absolute Gasteiger partial charge is 0.465 e. The minimum atomic E-state index is -0.525. The summed E-state index contributed by atoms with van der Waals surface area (Å²) in [6.07, 6.45) is 1.59. The molecule has 0 fully saturated rings. The molecule has 0 spiro atoms. The van der Waals surface area contributed by atoms with E-state index in [9.17, 15) is 4.79 Å². The zero-order chi connectivity index (χ0) is 10.8. The van der Waals surface area contributed by atoms with Crippen LogP contribution >= 0.6 is 0 Å². The second-order valence-corrected chi connectivity index (χ2v) is 2.96. The SMILES string of the molecule is COC(=O)c1cc2[nH]ncc2cc1NO. The number of nitrogens with zero attached hydrogens (tertiary/aromatic N) is 1. The van der Waals surface area contributed by atoms with Gasteiger partial charge in [0.05, 0.1) is 30.1 Å². The van der Waals surface area contributed by atoms with Crippen molar-refractivity contribution in [2.45, 2.75) is 0 Å². The summed E-state index contributed by atoms with van der Waals surface area (Å²) in [4.78, 5) is 11.4. The molecule has 0 amide bonds. The zero-order valence-corrected chi connectivity index (χ0v) is 7.94. The lowest BCUT2D eigenvalue weighted by atomic mass is 10.1. The Morgan fingerprint density at radius 2 is 2.40 bits per heavy atom. The van der Waals surface area contributed by atoms with Crippen LogP contribution in [0.4, 0.5) is 5.69 Å². The van der Waals surface area contributed by atoms with Crippen molar-refractivity contribution < 1.29 is 14.7 Å². The number of rotatable bonds is 2. The van der Waals surface area contributed by atoms with Gasteiger partial charge < -0.3 is 4.74 Å². The number of aromatic amines is 1. The van der Waals surface area contributed by atoms with Crippen molar-refractivity contribution in [1.82, 2.24) is 10.2 Å². The van der Waals surface area contributed by atoms with Crippen LogP contribution in [0, 0.1) is 0 Å². The summed E-state index contributed by atoms with van der Waals surface area (Å²) in [5, 5.41) is 16.2. The van der Waals surface area contributed by atoms with Crippen LogP contribution in [0.25, 0.3) is 10.9 Å². The molecule has 6 nitrogen and oxygen atoms in total. The van der Waals surface area contributed by atoms with Gasteiger partial charge in [-0.05, 0) is 12.1 Å². The number of carbonyl (C=O) groups excluding carboxylic acids is 1. The quantitative estimate of drug-likeness (QED) is 0.508. The van der Waals surface area contributed by atoms with E-state index in [1.807, 2.05) is 5.48 Å². The predicted molar refractivity (Wildman–Crippen MR) is 52.8 cm³/mol. The maximum absolute atomic E-state index is 11.4. The number of esters is 1. The molecule has 0 aliphatic heterocycles. The van der Waals surface area contributed by atoms with E-state index < -0.39 is 5.97 Å². The second kappa shape index (κ2) is 3.58. The molecule has 0 unspecified atom stereocenters. The van der Waals surface area contributed by atoms with Gasteiger partial charge in [0.1, 0.15) is 0 Å². The zero-order valence-electron chi connectivity index (χ0n) is 7.94. The molecule has 6 heteroatoms. The lowest BCUT2D eigenvalue weighted by molar-refractivity contribution is 0.0601. The van der Waals surface area contributed by atoms with Gasteiger partial charge in [0.25, 0.3) is 0 Å². The van der Waals surface area contributed by atoms with E-state index in [1.165, 1.54) is 7.11 Å². The van der Waals surface area contributed by atoms with Gasteiger partial charge in [-0.15, -0.1) is 0 Å². The first-order chi connectivity index (χ1) is 7.26. The third-order valence-corrected chi connectivity index (χ3v) is 2.10. The van der Waals surface area contributed by atoms with Crippen LogP contribution in [-0.4, -0.2) is 28.5 Å². The van der Waals surface area contributed by atoms with Crippen molar-refractivity contribution in [1.29, 1.82) is 0 Å². The molecular formula is C9H9N3O3. The first kappa shape index (κ1) is 9.47. The van der Waals surface area contributed by atoms with Crippen LogP contribution in [0.1, 0.15) is 10.4 Å². The van der Waals surface area contributed by atoms with Crippen LogP contribution < -0.4 is 5.48 Å².